The highest BCUT2D eigenvalue weighted by Crippen LogP contribution is 2.23. The number of methoxy groups -OCH3 is 1. The molecule has 0 unspecified atom stereocenters. The highest BCUT2D eigenvalue weighted by molar-refractivity contribution is 6.34. The van der Waals surface area contributed by atoms with Crippen molar-refractivity contribution < 1.29 is 14.3 Å². The monoisotopic (exact) mass is 483 g/mol. The number of nitrogens with zero attached hydrogens (tertiary/aromatic N) is 2. The molecule has 1 amide bonds. The number of benzene rings is 2. The standard InChI is InChI=1S/C25H26ClN3O5/c1-14-7-6-8-19(26)21(14)22(30)27-20(24(32)34-5)12-16-9-10-17(15(2)11-16)18-13-28(3)25(33)29(4)23(18)31/h6-11,13,20H,12H2,1-5H3,(H,27,30)/t20-/m0/s1. The van der Waals surface area contributed by atoms with E-state index in [1.54, 1.807) is 44.3 Å². The molecule has 0 saturated carbocycles. The number of carbonyl (C=O) groups is 2. The molecule has 1 N–H and O–H groups in total. The number of carbonyl (C=O) groups excluding carboxylic acids is 2. The van der Waals surface area contributed by atoms with Gasteiger partial charge in [0.05, 0.1) is 23.3 Å². The summed E-state index contributed by atoms with van der Waals surface area (Å²) in [6, 6.07) is 9.55. The van der Waals surface area contributed by atoms with Gasteiger partial charge in [0.1, 0.15) is 6.04 Å². The highest BCUT2D eigenvalue weighted by atomic mass is 35.5. The largest absolute Gasteiger partial charge is 0.467 e. The van der Waals surface area contributed by atoms with Gasteiger partial charge < -0.3 is 14.6 Å². The number of aryl methyl sites for hydroxylation is 3. The van der Waals surface area contributed by atoms with Crippen LogP contribution in [0.4, 0.5) is 0 Å². The topological polar surface area (TPSA) is 99.4 Å². The van der Waals surface area contributed by atoms with E-state index in [-0.39, 0.29) is 6.42 Å². The molecule has 0 radical (unpaired) electrons. The second kappa shape index (κ2) is 10.1. The molecule has 0 aliphatic carbocycles. The van der Waals surface area contributed by atoms with Crippen LogP contribution in [0.2, 0.25) is 5.02 Å². The fraction of sp³-hybridized carbons (Fsp3) is 0.280. The van der Waals surface area contributed by atoms with E-state index in [2.05, 4.69) is 5.32 Å². The van der Waals surface area contributed by atoms with E-state index in [0.29, 0.717) is 27.3 Å². The molecular weight excluding hydrogens is 458 g/mol. The Hall–Kier alpha value is -3.65. The van der Waals surface area contributed by atoms with Crippen molar-refractivity contribution >= 4 is 23.5 Å². The van der Waals surface area contributed by atoms with Gasteiger partial charge in [0.15, 0.2) is 0 Å². The maximum absolute atomic E-state index is 12.9. The Morgan fingerprint density at radius 1 is 1.06 bits per heavy atom. The van der Waals surface area contributed by atoms with Crippen LogP contribution in [-0.2, 0) is 30.0 Å². The zero-order valence-electron chi connectivity index (χ0n) is 19.6. The number of amides is 1. The SMILES string of the molecule is COC(=O)[C@H](Cc1ccc(-c2cn(C)c(=O)n(C)c2=O)c(C)c1)NC(=O)c1c(C)cccc1Cl. The summed E-state index contributed by atoms with van der Waals surface area (Å²) in [7, 11) is 4.27. The van der Waals surface area contributed by atoms with Gasteiger partial charge in [0.25, 0.3) is 11.5 Å². The third kappa shape index (κ3) is 4.97. The summed E-state index contributed by atoms with van der Waals surface area (Å²) in [6.07, 6.45) is 1.68. The molecular formula is C25H26ClN3O5. The average Bonchev–Trinajstić information content (AvgIpc) is 2.79. The van der Waals surface area contributed by atoms with Crippen molar-refractivity contribution in [2.24, 2.45) is 14.1 Å². The van der Waals surface area contributed by atoms with Crippen LogP contribution in [0.5, 0.6) is 0 Å². The molecule has 0 spiro atoms. The van der Waals surface area contributed by atoms with Gasteiger partial charge in [0, 0.05) is 26.7 Å². The van der Waals surface area contributed by atoms with Crippen LogP contribution in [0.1, 0.15) is 27.0 Å². The zero-order valence-corrected chi connectivity index (χ0v) is 20.4. The Kier molecular flexibility index (Phi) is 7.41. The maximum atomic E-state index is 12.9. The Balaban J connectivity index is 1.91. The molecule has 0 aliphatic rings. The van der Waals surface area contributed by atoms with Crippen molar-refractivity contribution in [1.82, 2.24) is 14.5 Å². The van der Waals surface area contributed by atoms with Gasteiger partial charge in [-0.05, 0) is 42.2 Å². The van der Waals surface area contributed by atoms with Gasteiger partial charge in [-0.25, -0.2) is 9.59 Å². The minimum absolute atomic E-state index is 0.175. The second-order valence-corrected chi connectivity index (χ2v) is 8.54. The summed E-state index contributed by atoms with van der Waals surface area (Å²) in [5.74, 6) is -1.06. The van der Waals surface area contributed by atoms with Crippen LogP contribution >= 0.6 is 11.6 Å². The lowest BCUT2D eigenvalue weighted by molar-refractivity contribution is -0.142. The van der Waals surface area contributed by atoms with E-state index < -0.39 is 29.2 Å². The molecule has 0 aliphatic heterocycles. The normalized spacial score (nSPS) is 11.7. The van der Waals surface area contributed by atoms with Crippen molar-refractivity contribution in [1.29, 1.82) is 0 Å². The molecule has 34 heavy (non-hydrogen) atoms. The first-order valence-electron chi connectivity index (χ1n) is 10.6. The molecule has 0 saturated heterocycles. The summed E-state index contributed by atoms with van der Waals surface area (Å²) in [5, 5.41) is 3.01. The quantitative estimate of drug-likeness (QED) is 0.543. The molecule has 0 bridgehead atoms. The van der Waals surface area contributed by atoms with Gasteiger partial charge in [0.2, 0.25) is 0 Å². The summed E-state index contributed by atoms with van der Waals surface area (Å²) in [6.45, 7) is 3.60. The Bertz CT molecular complexity index is 1370. The molecule has 3 aromatic rings. The van der Waals surface area contributed by atoms with Crippen molar-refractivity contribution in [2.45, 2.75) is 26.3 Å². The Morgan fingerprint density at radius 3 is 2.38 bits per heavy atom. The van der Waals surface area contributed by atoms with E-state index in [4.69, 9.17) is 16.3 Å². The number of rotatable bonds is 6. The molecule has 178 valence electrons. The summed E-state index contributed by atoms with van der Waals surface area (Å²) >= 11 is 6.20. The van der Waals surface area contributed by atoms with E-state index in [0.717, 1.165) is 15.7 Å². The van der Waals surface area contributed by atoms with Crippen LogP contribution in [0, 0.1) is 13.8 Å². The first-order valence-corrected chi connectivity index (χ1v) is 10.9. The fourth-order valence-electron chi connectivity index (χ4n) is 3.87. The van der Waals surface area contributed by atoms with Crippen molar-refractivity contribution in [3.8, 4) is 11.1 Å². The number of aromatic nitrogens is 2. The zero-order chi connectivity index (χ0) is 25.2. The van der Waals surface area contributed by atoms with Gasteiger partial charge in [-0.1, -0.05) is 41.9 Å². The van der Waals surface area contributed by atoms with E-state index in [1.807, 2.05) is 13.0 Å². The minimum atomic E-state index is -0.941. The predicted molar refractivity (Wildman–Crippen MR) is 130 cm³/mol. The van der Waals surface area contributed by atoms with Gasteiger partial charge in [-0.3, -0.25) is 14.2 Å². The van der Waals surface area contributed by atoms with Crippen LogP contribution < -0.4 is 16.6 Å². The third-order valence-electron chi connectivity index (χ3n) is 5.71. The summed E-state index contributed by atoms with van der Waals surface area (Å²) < 4.78 is 7.30. The van der Waals surface area contributed by atoms with Gasteiger partial charge in [-0.15, -0.1) is 0 Å². The predicted octanol–water partition coefficient (Wildman–Crippen LogP) is 2.54. The van der Waals surface area contributed by atoms with Crippen LogP contribution in [-0.4, -0.2) is 34.2 Å². The second-order valence-electron chi connectivity index (χ2n) is 8.13. The molecule has 1 heterocycles. The van der Waals surface area contributed by atoms with E-state index >= 15 is 0 Å². The number of ether oxygens (including phenoxy) is 1. The van der Waals surface area contributed by atoms with Crippen molar-refractivity contribution in [2.75, 3.05) is 7.11 Å². The minimum Gasteiger partial charge on any atom is -0.467 e. The van der Waals surface area contributed by atoms with Crippen LogP contribution in [0.25, 0.3) is 11.1 Å². The first kappa shape index (κ1) is 25.0. The Morgan fingerprint density at radius 2 is 1.76 bits per heavy atom. The average molecular weight is 484 g/mol. The third-order valence-corrected chi connectivity index (χ3v) is 6.02. The number of nitrogens with one attached hydrogen (secondary N) is 1. The summed E-state index contributed by atoms with van der Waals surface area (Å²) in [4.78, 5) is 49.9. The van der Waals surface area contributed by atoms with Crippen LogP contribution in [0.15, 0.2) is 52.2 Å². The Labute approximate surface area is 201 Å². The molecule has 9 heteroatoms. The lowest BCUT2D eigenvalue weighted by Crippen LogP contribution is -2.43. The number of esters is 1. The van der Waals surface area contributed by atoms with Crippen molar-refractivity contribution in [3.05, 3.63) is 90.7 Å². The van der Waals surface area contributed by atoms with Crippen molar-refractivity contribution in [3.63, 3.8) is 0 Å². The first-order chi connectivity index (χ1) is 16.0. The van der Waals surface area contributed by atoms with Crippen LogP contribution in [0.3, 0.4) is 0 Å². The molecule has 1 atom stereocenters. The molecule has 0 fully saturated rings. The van der Waals surface area contributed by atoms with Gasteiger partial charge >= 0.3 is 11.7 Å². The smallest absolute Gasteiger partial charge is 0.330 e. The molecule has 2 aromatic carbocycles. The van der Waals surface area contributed by atoms with Gasteiger partial charge in [-0.2, -0.15) is 0 Å². The molecule has 8 nitrogen and oxygen atoms in total. The lowest BCUT2D eigenvalue weighted by Gasteiger charge is -2.19. The molecule has 3 rings (SSSR count). The fourth-order valence-corrected chi connectivity index (χ4v) is 4.18. The van der Waals surface area contributed by atoms with E-state index in [9.17, 15) is 19.2 Å². The highest BCUT2D eigenvalue weighted by Gasteiger charge is 2.25. The number of hydrogen-bond donors (Lipinski definition) is 1. The van der Waals surface area contributed by atoms with E-state index in [1.165, 1.54) is 24.9 Å². The number of hydrogen-bond acceptors (Lipinski definition) is 5. The number of halogens is 1. The maximum Gasteiger partial charge on any atom is 0.330 e. The molecule has 1 aromatic heterocycles. The summed E-state index contributed by atoms with van der Waals surface area (Å²) in [5.41, 5.74) is 2.79. The lowest BCUT2D eigenvalue weighted by atomic mass is 9.97.